The highest BCUT2D eigenvalue weighted by atomic mass is 16.7. The van der Waals surface area contributed by atoms with Crippen LogP contribution < -0.4 is 0 Å². The summed E-state index contributed by atoms with van der Waals surface area (Å²) in [6.07, 6.45) is 6.52. The topological polar surface area (TPSA) is 46.6 Å². The molecule has 1 aliphatic carbocycles. The van der Waals surface area contributed by atoms with Gasteiger partial charge in [-0.3, -0.25) is 4.79 Å². The maximum absolute atomic E-state index is 11.9. The number of hydrogen-bond acceptors (Lipinski definition) is 3. The SMILES string of the molecule is CN(OC(=O)c1ccccc1)C(=O)CC1C=CCC1. The first-order chi connectivity index (χ1) is 9.16. The summed E-state index contributed by atoms with van der Waals surface area (Å²) >= 11 is 0. The van der Waals surface area contributed by atoms with Gasteiger partial charge in [-0.1, -0.05) is 30.4 Å². The molecule has 0 bridgehead atoms. The van der Waals surface area contributed by atoms with Crippen molar-refractivity contribution < 1.29 is 14.4 Å². The van der Waals surface area contributed by atoms with Gasteiger partial charge in [0.1, 0.15) is 0 Å². The molecule has 0 heterocycles. The van der Waals surface area contributed by atoms with Crippen LogP contribution in [0.25, 0.3) is 0 Å². The fourth-order valence-electron chi connectivity index (χ4n) is 2.02. The van der Waals surface area contributed by atoms with Crippen molar-refractivity contribution in [2.45, 2.75) is 19.3 Å². The molecule has 2 rings (SSSR count). The van der Waals surface area contributed by atoms with Gasteiger partial charge in [-0.25, -0.2) is 4.79 Å². The number of amides is 1. The van der Waals surface area contributed by atoms with Crippen molar-refractivity contribution in [3.63, 3.8) is 0 Å². The van der Waals surface area contributed by atoms with E-state index >= 15 is 0 Å². The molecule has 1 atom stereocenters. The molecule has 100 valence electrons. The van der Waals surface area contributed by atoms with Crippen molar-refractivity contribution in [2.75, 3.05) is 7.05 Å². The lowest BCUT2D eigenvalue weighted by molar-refractivity contribution is -0.162. The Morgan fingerprint density at radius 3 is 2.68 bits per heavy atom. The van der Waals surface area contributed by atoms with Gasteiger partial charge in [-0.05, 0) is 30.9 Å². The Hall–Kier alpha value is -2.10. The number of hydroxylamine groups is 2. The third-order valence-electron chi connectivity index (χ3n) is 3.13. The zero-order valence-electron chi connectivity index (χ0n) is 10.9. The van der Waals surface area contributed by atoms with Crippen molar-refractivity contribution in [1.29, 1.82) is 0 Å². The third-order valence-corrected chi connectivity index (χ3v) is 3.13. The third kappa shape index (κ3) is 3.68. The van der Waals surface area contributed by atoms with E-state index in [-0.39, 0.29) is 11.8 Å². The number of allylic oxidation sites excluding steroid dienone is 2. The number of carbonyl (C=O) groups excluding carboxylic acids is 2. The first-order valence-electron chi connectivity index (χ1n) is 6.37. The molecule has 0 N–H and O–H groups in total. The average Bonchev–Trinajstić information content (AvgIpc) is 2.92. The highest BCUT2D eigenvalue weighted by Gasteiger charge is 2.20. The number of carbonyl (C=O) groups is 2. The van der Waals surface area contributed by atoms with Crippen molar-refractivity contribution in [1.82, 2.24) is 5.06 Å². The smallest absolute Gasteiger partial charge is 0.333 e. The molecular formula is C15H17NO3. The summed E-state index contributed by atoms with van der Waals surface area (Å²) in [5.41, 5.74) is 0.433. The second-order valence-corrected chi connectivity index (χ2v) is 4.61. The second kappa shape index (κ2) is 6.18. The monoisotopic (exact) mass is 259 g/mol. The van der Waals surface area contributed by atoms with E-state index in [9.17, 15) is 9.59 Å². The molecule has 4 heteroatoms. The maximum atomic E-state index is 11.9. The Balaban J connectivity index is 1.86. The number of nitrogens with zero attached hydrogens (tertiary/aromatic N) is 1. The lowest BCUT2D eigenvalue weighted by Crippen LogP contribution is -2.30. The minimum absolute atomic E-state index is 0.180. The lowest BCUT2D eigenvalue weighted by Gasteiger charge is -2.17. The molecule has 0 aliphatic heterocycles. The predicted molar refractivity (Wildman–Crippen MR) is 71.1 cm³/mol. The van der Waals surface area contributed by atoms with Gasteiger partial charge in [0.25, 0.3) is 5.91 Å². The number of hydrogen-bond donors (Lipinski definition) is 0. The molecule has 0 radical (unpaired) electrons. The molecule has 1 aromatic rings. The van der Waals surface area contributed by atoms with Crippen LogP contribution in [0.15, 0.2) is 42.5 Å². The molecule has 1 aromatic carbocycles. The lowest BCUT2D eigenvalue weighted by atomic mass is 10.1. The van der Waals surface area contributed by atoms with E-state index in [2.05, 4.69) is 6.08 Å². The number of benzene rings is 1. The van der Waals surface area contributed by atoms with Gasteiger partial charge < -0.3 is 4.84 Å². The molecule has 0 spiro atoms. The van der Waals surface area contributed by atoms with Crippen LogP contribution in [0.4, 0.5) is 0 Å². The maximum Gasteiger partial charge on any atom is 0.363 e. The summed E-state index contributed by atoms with van der Waals surface area (Å²) in [7, 11) is 1.47. The van der Waals surface area contributed by atoms with E-state index in [4.69, 9.17) is 4.84 Å². The van der Waals surface area contributed by atoms with Gasteiger partial charge in [0, 0.05) is 13.5 Å². The molecule has 1 amide bonds. The van der Waals surface area contributed by atoms with Gasteiger partial charge in [0.2, 0.25) is 0 Å². The van der Waals surface area contributed by atoms with Crippen LogP contribution in [0.2, 0.25) is 0 Å². The molecule has 4 nitrogen and oxygen atoms in total. The Bertz CT molecular complexity index is 481. The van der Waals surface area contributed by atoms with E-state index < -0.39 is 5.97 Å². The molecule has 1 aliphatic rings. The summed E-state index contributed by atoms with van der Waals surface area (Å²) in [5, 5.41) is 1.03. The Morgan fingerprint density at radius 2 is 2.05 bits per heavy atom. The summed E-state index contributed by atoms with van der Waals surface area (Å²) in [5.74, 6) is -0.426. The van der Waals surface area contributed by atoms with Crippen LogP contribution in [0.3, 0.4) is 0 Å². The van der Waals surface area contributed by atoms with Crippen LogP contribution in [0, 0.1) is 5.92 Å². The van der Waals surface area contributed by atoms with Crippen LogP contribution in [-0.4, -0.2) is 24.0 Å². The van der Waals surface area contributed by atoms with Crippen LogP contribution >= 0.6 is 0 Å². The van der Waals surface area contributed by atoms with Gasteiger partial charge in [0.05, 0.1) is 5.56 Å². The van der Waals surface area contributed by atoms with E-state index in [1.54, 1.807) is 24.3 Å². The van der Waals surface area contributed by atoms with Gasteiger partial charge in [0.15, 0.2) is 0 Å². The van der Waals surface area contributed by atoms with E-state index in [0.717, 1.165) is 17.9 Å². The van der Waals surface area contributed by atoms with Crippen LogP contribution in [0.5, 0.6) is 0 Å². The minimum Gasteiger partial charge on any atom is -0.333 e. The minimum atomic E-state index is -0.515. The van der Waals surface area contributed by atoms with Gasteiger partial charge in [-0.2, -0.15) is 5.06 Å². The Kier molecular flexibility index (Phi) is 4.34. The summed E-state index contributed by atoms with van der Waals surface area (Å²) in [4.78, 5) is 28.7. The van der Waals surface area contributed by atoms with E-state index in [0.29, 0.717) is 12.0 Å². The van der Waals surface area contributed by atoms with Crippen LogP contribution in [0.1, 0.15) is 29.6 Å². The van der Waals surface area contributed by atoms with Crippen molar-refractivity contribution >= 4 is 11.9 Å². The Morgan fingerprint density at radius 1 is 1.32 bits per heavy atom. The fourth-order valence-corrected chi connectivity index (χ4v) is 2.02. The van der Waals surface area contributed by atoms with E-state index in [1.165, 1.54) is 7.05 Å². The van der Waals surface area contributed by atoms with Gasteiger partial charge in [-0.15, -0.1) is 0 Å². The zero-order valence-corrected chi connectivity index (χ0v) is 10.9. The number of rotatable bonds is 3. The van der Waals surface area contributed by atoms with Crippen molar-refractivity contribution in [3.8, 4) is 0 Å². The van der Waals surface area contributed by atoms with Crippen molar-refractivity contribution in [2.24, 2.45) is 5.92 Å². The molecule has 0 fully saturated rings. The standard InChI is InChI=1S/C15H17NO3/c1-16(14(17)11-12-7-5-6-8-12)19-15(18)13-9-3-2-4-10-13/h2-5,7,9-10,12H,6,8,11H2,1H3. The Labute approximate surface area is 112 Å². The first-order valence-corrected chi connectivity index (χ1v) is 6.37. The molecular weight excluding hydrogens is 242 g/mol. The quantitative estimate of drug-likeness (QED) is 0.619. The summed E-state index contributed by atoms with van der Waals surface area (Å²) in [6, 6.07) is 8.63. The fraction of sp³-hybridized carbons (Fsp3) is 0.333. The summed E-state index contributed by atoms with van der Waals surface area (Å²) < 4.78 is 0. The van der Waals surface area contributed by atoms with Gasteiger partial charge >= 0.3 is 5.97 Å². The van der Waals surface area contributed by atoms with Crippen molar-refractivity contribution in [3.05, 3.63) is 48.0 Å². The molecule has 1 unspecified atom stereocenters. The zero-order chi connectivity index (χ0) is 13.7. The highest BCUT2D eigenvalue weighted by Crippen LogP contribution is 2.21. The first kappa shape index (κ1) is 13.3. The normalized spacial score (nSPS) is 17.2. The highest BCUT2D eigenvalue weighted by molar-refractivity contribution is 5.90. The largest absolute Gasteiger partial charge is 0.363 e. The summed E-state index contributed by atoms with van der Waals surface area (Å²) in [6.45, 7) is 0. The molecule has 0 saturated carbocycles. The predicted octanol–water partition coefficient (Wildman–Crippen LogP) is 2.57. The molecule has 0 aromatic heterocycles. The van der Waals surface area contributed by atoms with Crippen LogP contribution in [-0.2, 0) is 9.63 Å². The second-order valence-electron chi connectivity index (χ2n) is 4.61. The average molecular weight is 259 g/mol. The molecule has 0 saturated heterocycles. The van der Waals surface area contributed by atoms with E-state index in [1.807, 2.05) is 12.1 Å². The molecule has 19 heavy (non-hydrogen) atoms.